The number of hydrogen-bond donors (Lipinski definition) is 1. The Bertz CT molecular complexity index is 696. The number of methoxy groups -OCH3 is 1. The molecule has 6 nitrogen and oxygen atoms in total. The van der Waals surface area contributed by atoms with Crippen molar-refractivity contribution in [3.63, 3.8) is 0 Å². The van der Waals surface area contributed by atoms with E-state index in [0.717, 1.165) is 49.9 Å². The molecule has 1 fully saturated rings. The number of nitrogens with zero attached hydrogens (tertiary/aromatic N) is 3. The lowest BCUT2D eigenvalue weighted by Crippen LogP contribution is -2.25. The molecule has 0 bridgehead atoms. The smallest absolute Gasteiger partial charge is 0.135 e. The number of hydrogen-bond acceptors (Lipinski definition) is 5. The van der Waals surface area contributed by atoms with E-state index >= 15 is 0 Å². The van der Waals surface area contributed by atoms with Gasteiger partial charge >= 0.3 is 0 Å². The molecule has 0 radical (unpaired) electrons. The SMILES string of the molecule is COc1ccc2c(c1)OCCC[C@@H]2NCCn1cnnc1C1CC1. The van der Waals surface area contributed by atoms with Gasteiger partial charge in [0.1, 0.15) is 23.7 Å². The van der Waals surface area contributed by atoms with Crippen molar-refractivity contribution in [2.45, 2.75) is 44.2 Å². The minimum atomic E-state index is 0.314. The van der Waals surface area contributed by atoms with Crippen LogP contribution in [0.1, 0.15) is 49.0 Å². The summed E-state index contributed by atoms with van der Waals surface area (Å²) in [4.78, 5) is 0. The van der Waals surface area contributed by atoms with Crippen LogP contribution in [0.3, 0.4) is 0 Å². The molecule has 0 unspecified atom stereocenters. The Kier molecular flexibility index (Phi) is 4.38. The third kappa shape index (κ3) is 3.24. The van der Waals surface area contributed by atoms with Crippen molar-refractivity contribution < 1.29 is 9.47 Å². The van der Waals surface area contributed by atoms with Gasteiger partial charge in [0.15, 0.2) is 0 Å². The van der Waals surface area contributed by atoms with Crippen LogP contribution in [0, 0.1) is 0 Å². The van der Waals surface area contributed by atoms with Gasteiger partial charge in [-0.25, -0.2) is 0 Å². The molecule has 0 saturated heterocycles. The van der Waals surface area contributed by atoms with Gasteiger partial charge in [0.2, 0.25) is 0 Å². The minimum absolute atomic E-state index is 0.314. The molecule has 1 atom stereocenters. The number of aromatic nitrogens is 3. The Balaban J connectivity index is 1.42. The maximum atomic E-state index is 5.89. The van der Waals surface area contributed by atoms with Crippen LogP contribution in [0.15, 0.2) is 24.5 Å². The summed E-state index contributed by atoms with van der Waals surface area (Å²) in [6.07, 6.45) is 6.48. The lowest BCUT2D eigenvalue weighted by atomic mass is 10.0. The Morgan fingerprint density at radius 1 is 1.33 bits per heavy atom. The van der Waals surface area contributed by atoms with E-state index < -0.39 is 0 Å². The van der Waals surface area contributed by atoms with Crippen LogP contribution in [-0.4, -0.2) is 35.0 Å². The van der Waals surface area contributed by atoms with Crippen LogP contribution in [-0.2, 0) is 6.54 Å². The number of ether oxygens (including phenoxy) is 2. The Hall–Kier alpha value is -2.08. The molecule has 1 N–H and O–H groups in total. The fraction of sp³-hybridized carbons (Fsp3) is 0.556. The quantitative estimate of drug-likeness (QED) is 0.883. The molecule has 128 valence electrons. The Morgan fingerprint density at radius 3 is 3.08 bits per heavy atom. The maximum absolute atomic E-state index is 5.89. The van der Waals surface area contributed by atoms with E-state index in [1.54, 1.807) is 7.11 Å². The van der Waals surface area contributed by atoms with Gasteiger partial charge in [-0.05, 0) is 31.7 Å². The number of fused-ring (bicyclic) bond motifs is 1. The molecule has 0 spiro atoms. The van der Waals surface area contributed by atoms with Crippen LogP contribution in [0.5, 0.6) is 11.5 Å². The van der Waals surface area contributed by atoms with Crippen LogP contribution in [0.4, 0.5) is 0 Å². The van der Waals surface area contributed by atoms with E-state index in [0.29, 0.717) is 12.0 Å². The Morgan fingerprint density at radius 2 is 2.25 bits per heavy atom. The summed E-state index contributed by atoms with van der Waals surface area (Å²) in [6, 6.07) is 6.42. The molecule has 1 aromatic carbocycles. The van der Waals surface area contributed by atoms with Gasteiger partial charge in [0.05, 0.1) is 13.7 Å². The van der Waals surface area contributed by atoms with Gasteiger partial charge in [-0.15, -0.1) is 10.2 Å². The van der Waals surface area contributed by atoms with Crippen molar-refractivity contribution in [3.05, 3.63) is 35.9 Å². The average molecular weight is 328 g/mol. The zero-order chi connectivity index (χ0) is 16.4. The van der Waals surface area contributed by atoms with Gasteiger partial charge in [0, 0.05) is 36.7 Å². The van der Waals surface area contributed by atoms with Crippen LogP contribution >= 0.6 is 0 Å². The fourth-order valence-corrected chi connectivity index (χ4v) is 3.34. The molecule has 6 heteroatoms. The first-order chi connectivity index (χ1) is 11.8. The molecule has 2 heterocycles. The molecule has 1 saturated carbocycles. The van der Waals surface area contributed by atoms with Crippen molar-refractivity contribution >= 4 is 0 Å². The van der Waals surface area contributed by atoms with E-state index in [1.807, 2.05) is 18.5 Å². The zero-order valence-electron chi connectivity index (χ0n) is 14.1. The minimum Gasteiger partial charge on any atom is -0.497 e. The third-order valence-corrected chi connectivity index (χ3v) is 4.82. The molecule has 0 amide bonds. The normalized spacial score (nSPS) is 20.1. The summed E-state index contributed by atoms with van der Waals surface area (Å²) in [5.41, 5.74) is 1.22. The van der Waals surface area contributed by atoms with Crippen molar-refractivity contribution in [2.24, 2.45) is 0 Å². The molecule has 4 rings (SSSR count). The summed E-state index contributed by atoms with van der Waals surface area (Å²) in [5.74, 6) is 3.55. The first-order valence-electron chi connectivity index (χ1n) is 8.77. The largest absolute Gasteiger partial charge is 0.497 e. The average Bonchev–Trinajstić information content (AvgIpc) is 3.38. The summed E-state index contributed by atoms with van der Waals surface area (Å²) >= 11 is 0. The highest BCUT2D eigenvalue weighted by molar-refractivity contribution is 5.43. The molecule has 1 aromatic heterocycles. The number of rotatable bonds is 6. The third-order valence-electron chi connectivity index (χ3n) is 4.82. The lowest BCUT2D eigenvalue weighted by Gasteiger charge is -2.19. The monoisotopic (exact) mass is 328 g/mol. The van der Waals surface area contributed by atoms with Crippen LogP contribution in [0.2, 0.25) is 0 Å². The van der Waals surface area contributed by atoms with Gasteiger partial charge in [0.25, 0.3) is 0 Å². The van der Waals surface area contributed by atoms with E-state index in [1.165, 1.54) is 18.4 Å². The highest BCUT2D eigenvalue weighted by Gasteiger charge is 2.28. The van der Waals surface area contributed by atoms with Crippen LogP contribution in [0.25, 0.3) is 0 Å². The van der Waals surface area contributed by atoms with Gasteiger partial charge in [-0.3, -0.25) is 0 Å². The molecule has 2 aliphatic rings. The predicted octanol–water partition coefficient (Wildman–Crippen LogP) is 2.67. The van der Waals surface area contributed by atoms with E-state index in [2.05, 4.69) is 26.1 Å². The van der Waals surface area contributed by atoms with Crippen molar-refractivity contribution in [1.29, 1.82) is 0 Å². The van der Waals surface area contributed by atoms with E-state index in [9.17, 15) is 0 Å². The fourth-order valence-electron chi connectivity index (χ4n) is 3.34. The first kappa shape index (κ1) is 15.4. The summed E-state index contributed by atoms with van der Waals surface area (Å²) in [7, 11) is 1.69. The standard InChI is InChI=1S/C18H24N4O2/c1-23-14-6-7-15-16(3-2-10-24-17(15)11-14)19-8-9-22-12-20-21-18(22)13-4-5-13/h6-7,11-13,16,19H,2-5,8-10H2,1H3/t16-/m0/s1. The molecule has 24 heavy (non-hydrogen) atoms. The molecular weight excluding hydrogens is 304 g/mol. The first-order valence-corrected chi connectivity index (χ1v) is 8.77. The molecular formula is C18H24N4O2. The Labute approximate surface area is 142 Å². The summed E-state index contributed by atoms with van der Waals surface area (Å²) in [6.45, 7) is 2.56. The maximum Gasteiger partial charge on any atom is 0.135 e. The second-order valence-electron chi connectivity index (χ2n) is 6.56. The number of benzene rings is 1. The van der Waals surface area contributed by atoms with Crippen molar-refractivity contribution in [3.8, 4) is 11.5 Å². The van der Waals surface area contributed by atoms with Gasteiger partial charge < -0.3 is 19.4 Å². The van der Waals surface area contributed by atoms with Gasteiger partial charge in [-0.1, -0.05) is 6.07 Å². The molecule has 1 aliphatic carbocycles. The second kappa shape index (κ2) is 6.81. The van der Waals surface area contributed by atoms with Gasteiger partial charge in [-0.2, -0.15) is 0 Å². The van der Waals surface area contributed by atoms with Crippen LogP contribution < -0.4 is 14.8 Å². The van der Waals surface area contributed by atoms with Crippen molar-refractivity contribution in [2.75, 3.05) is 20.3 Å². The number of nitrogens with one attached hydrogen (secondary N) is 1. The predicted molar refractivity (Wildman–Crippen MR) is 90.5 cm³/mol. The van der Waals surface area contributed by atoms with E-state index in [-0.39, 0.29) is 0 Å². The zero-order valence-corrected chi connectivity index (χ0v) is 14.1. The molecule has 1 aliphatic heterocycles. The molecule has 2 aromatic rings. The summed E-state index contributed by atoms with van der Waals surface area (Å²) in [5, 5.41) is 12.0. The summed E-state index contributed by atoms with van der Waals surface area (Å²) < 4.78 is 13.4. The highest BCUT2D eigenvalue weighted by Crippen LogP contribution is 2.38. The van der Waals surface area contributed by atoms with Crippen molar-refractivity contribution in [1.82, 2.24) is 20.1 Å². The lowest BCUT2D eigenvalue weighted by molar-refractivity contribution is 0.312. The topological polar surface area (TPSA) is 61.2 Å². The second-order valence-corrected chi connectivity index (χ2v) is 6.56. The highest BCUT2D eigenvalue weighted by atomic mass is 16.5. The van der Waals surface area contributed by atoms with E-state index in [4.69, 9.17) is 9.47 Å².